The quantitative estimate of drug-likeness (QED) is 0.903. The number of hydrogen-bond acceptors (Lipinski definition) is 4. The Morgan fingerprint density at radius 2 is 1.84 bits per heavy atom. The lowest BCUT2D eigenvalue weighted by Crippen LogP contribution is -2.23. The zero-order chi connectivity index (χ0) is 17.1. The summed E-state index contributed by atoms with van der Waals surface area (Å²) in [5.41, 5.74) is 2.15. The maximum absolute atomic E-state index is 12.3. The molecule has 2 aliphatic carbocycles. The van der Waals surface area contributed by atoms with Crippen LogP contribution < -0.4 is 5.32 Å². The normalized spacial score (nSPS) is 18.7. The van der Waals surface area contributed by atoms with E-state index in [0.717, 1.165) is 18.5 Å². The molecular formula is C19H25N5O. The first-order valence-electron chi connectivity index (χ1n) is 9.44. The van der Waals surface area contributed by atoms with Crippen LogP contribution in [0, 0.1) is 0 Å². The highest BCUT2D eigenvalue weighted by molar-refractivity contribution is 5.90. The molecule has 2 aromatic rings. The number of rotatable bonds is 5. The highest BCUT2D eigenvalue weighted by Gasteiger charge is 2.23. The molecule has 132 valence electrons. The van der Waals surface area contributed by atoms with Gasteiger partial charge in [0.05, 0.1) is 12.5 Å². The molecule has 0 saturated heterocycles. The molecule has 6 nitrogen and oxygen atoms in total. The van der Waals surface area contributed by atoms with Gasteiger partial charge in [-0.05, 0) is 49.7 Å². The van der Waals surface area contributed by atoms with Crippen LogP contribution in [-0.4, -0.2) is 25.7 Å². The highest BCUT2D eigenvalue weighted by Crippen LogP contribution is 2.32. The molecule has 2 heterocycles. The summed E-state index contributed by atoms with van der Waals surface area (Å²) < 4.78 is 2.00. The van der Waals surface area contributed by atoms with E-state index in [1.807, 2.05) is 23.1 Å². The predicted molar refractivity (Wildman–Crippen MR) is 95.3 cm³/mol. The minimum Gasteiger partial charge on any atom is -0.294 e. The maximum Gasteiger partial charge on any atom is 0.232 e. The lowest BCUT2D eigenvalue weighted by Gasteiger charge is -2.27. The Balaban J connectivity index is 1.35. The van der Waals surface area contributed by atoms with Crippen molar-refractivity contribution in [3.8, 4) is 0 Å². The van der Waals surface area contributed by atoms with Gasteiger partial charge in [0.2, 0.25) is 11.9 Å². The SMILES string of the molecule is O=C(Cc1ccnn1C1CCC1)Nc1ncc(C2CCCCC2)cn1. The topological polar surface area (TPSA) is 72.7 Å². The number of anilines is 1. The fourth-order valence-electron chi connectivity index (χ4n) is 3.82. The summed E-state index contributed by atoms with van der Waals surface area (Å²) in [6, 6.07) is 2.38. The van der Waals surface area contributed by atoms with E-state index in [4.69, 9.17) is 0 Å². The van der Waals surface area contributed by atoms with Crippen LogP contribution in [0.1, 0.15) is 74.6 Å². The van der Waals surface area contributed by atoms with Gasteiger partial charge in [-0.1, -0.05) is 19.3 Å². The Labute approximate surface area is 148 Å². The van der Waals surface area contributed by atoms with Crippen LogP contribution in [0.25, 0.3) is 0 Å². The van der Waals surface area contributed by atoms with Crippen molar-refractivity contribution in [3.05, 3.63) is 35.9 Å². The van der Waals surface area contributed by atoms with Crippen molar-refractivity contribution in [3.63, 3.8) is 0 Å². The second-order valence-corrected chi connectivity index (χ2v) is 7.25. The Morgan fingerprint density at radius 1 is 1.08 bits per heavy atom. The van der Waals surface area contributed by atoms with Crippen LogP contribution in [0.5, 0.6) is 0 Å². The summed E-state index contributed by atoms with van der Waals surface area (Å²) in [5.74, 6) is 0.876. The van der Waals surface area contributed by atoms with Gasteiger partial charge >= 0.3 is 0 Å². The van der Waals surface area contributed by atoms with Crippen LogP contribution in [0.2, 0.25) is 0 Å². The van der Waals surface area contributed by atoms with E-state index in [9.17, 15) is 4.79 Å². The molecule has 2 aliphatic rings. The molecule has 2 fully saturated rings. The number of amides is 1. The van der Waals surface area contributed by atoms with Crippen molar-refractivity contribution in [2.75, 3.05) is 5.32 Å². The third-order valence-electron chi connectivity index (χ3n) is 5.51. The van der Waals surface area contributed by atoms with Gasteiger partial charge in [0, 0.05) is 24.3 Å². The molecule has 1 N–H and O–H groups in total. The summed E-state index contributed by atoms with van der Waals surface area (Å²) in [4.78, 5) is 21.0. The third-order valence-corrected chi connectivity index (χ3v) is 5.51. The molecule has 0 bridgehead atoms. The van der Waals surface area contributed by atoms with Gasteiger partial charge in [-0.2, -0.15) is 5.10 Å². The second kappa shape index (κ2) is 7.33. The number of nitrogens with zero attached hydrogens (tertiary/aromatic N) is 4. The van der Waals surface area contributed by atoms with E-state index in [-0.39, 0.29) is 5.91 Å². The molecule has 0 unspecified atom stereocenters. The number of hydrogen-bond donors (Lipinski definition) is 1. The lowest BCUT2D eigenvalue weighted by atomic mass is 9.85. The molecule has 0 radical (unpaired) electrons. The molecule has 0 aliphatic heterocycles. The first-order valence-corrected chi connectivity index (χ1v) is 9.44. The van der Waals surface area contributed by atoms with Crippen molar-refractivity contribution in [2.45, 2.75) is 69.7 Å². The zero-order valence-electron chi connectivity index (χ0n) is 14.5. The van der Waals surface area contributed by atoms with E-state index in [2.05, 4.69) is 20.4 Å². The highest BCUT2D eigenvalue weighted by atomic mass is 16.1. The maximum atomic E-state index is 12.3. The van der Waals surface area contributed by atoms with Crippen molar-refractivity contribution < 1.29 is 4.79 Å². The van der Waals surface area contributed by atoms with Crippen molar-refractivity contribution in [1.82, 2.24) is 19.7 Å². The number of carbonyl (C=O) groups is 1. The molecule has 0 aromatic carbocycles. The van der Waals surface area contributed by atoms with Crippen LogP contribution in [0.15, 0.2) is 24.7 Å². The minimum atomic E-state index is -0.0912. The predicted octanol–water partition coefficient (Wildman–Crippen LogP) is 3.63. The van der Waals surface area contributed by atoms with Gasteiger partial charge in [-0.3, -0.25) is 14.8 Å². The van der Waals surface area contributed by atoms with Gasteiger partial charge in [0.25, 0.3) is 0 Å². The molecule has 0 spiro atoms. The van der Waals surface area contributed by atoms with Gasteiger partial charge < -0.3 is 0 Å². The Bertz CT molecular complexity index is 714. The second-order valence-electron chi connectivity index (χ2n) is 7.25. The molecule has 2 aromatic heterocycles. The monoisotopic (exact) mass is 339 g/mol. The third kappa shape index (κ3) is 3.72. The number of aromatic nitrogens is 4. The van der Waals surface area contributed by atoms with Crippen molar-refractivity contribution in [1.29, 1.82) is 0 Å². The van der Waals surface area contributed by atoms with E-state index in [1.165, 1.54) is 44.1 Å². The molecular weight excluding hydrogens is 314 g/mol. The average Bonchev–Trinajstić information content (AvgIpc) is 3.02. The van der Waals surface area contributed by atoms with E-state index >= 15 is 0 Å². The van der Waals surface area contributed by atoms with Crippen molar-refractivity contribution >= 4 is 11.9 Å². The summed E-state index contributed by atoms with van der Waals surface area (Å²) >= 11 is 0. The van der Waals surface area contributed by atoms with Crippen LogP contribution in [0.4, 0.5) is 5.95 Å². The lowest BCUT2D eigenvalue weighted by molar-refractivity contribution is -0.115. The largest absolute Gasteiger partial charge is 0.294 e. The first-order chi connectivity index (χ1) is 12.3. The zero-order valence-corrected chi connectivity index (χ0v) is 14.5. The molecule has 1 amide bonds. The van der Waals surface area contributed by atoms with Gasteiger partial charge in [0.1, 0.15) is 0 Å². The Hall–Kier alpha value is -2.24. The average molecular weight is 339 g/mol. The molecule has 2 saturated carbocycles. The molecule has 6 heteroatoms. The smallest absolute Gasteiger partial charge is 0.232 e. The van der Waals surface area contributed by atoms with Gasteiger partial charge in [-0.15, -0.1) is 0 Å². The summed E-state index contributed by atoms with van der Waals surface area (Å²) in [5, 5.41) is 7.18. The Morgan fingerprint density at radius 3 is 2.52 bits per heavy atom. The number of carbonyl (C=O) groups excluding carboxylic acids is 1. The van der Waals surface area contributed by atoms with Gasteiger partial charge in [-0.25, -0.2) is 9.97 Å². The standard InChI is InChI=1S/C19H25N5O/c25-18(11-17-9-10-22-24(17)16-7-4-8-16)23-19-20-12-15(13-21-19)14-5-2-1-3-6-14/h9-10,12-14,16H,1-8,11H2,(H,20,21,23,25). The fourth-order valence-corrected chi connectivity index (χ4v) is 3.82. The van der Waals surface area contributed by atoms with Gasteiger partial charge in [0.15, 0.2) is 0 Å². The first kappa shape index (κ1) is 16.2. The fraction of sp³-hybridized carbons (Fsp3) is 0.579. The van der Waals surface area contributed by atoms with Crippen LogP contribution in [0.3, 0.4) is 0 Å². The summed E-state index contributed by atoms with van der Waals surface area (Å²) in [6.45, 7) is 0. The van der Waals surface area contributed by atoms with Crippen LogP contribution in [-0.2, 0) is 11.2 Å². The summed E-state index contributed by atoms with van der Waals surface area (Å²) in [7, 11) is 0. The molecule has 4 rings (SSSR count). The molecule has 0 atom stereocenters. The van der Waals surface area contributed by atoms with E-state index in [0.29, 0.717) is 24.3 Å². The number of nitrogens with one attached hydrogen (secondary N) is 1. The van der Waals surface area contributed by atoms with Crippen molar-refractivity contribution in [2.24, 2.45) is 0 Å². The van der Waals surface area contributed by atoms with Crippen LogP contribution >= 0.6 is 0 Å². The summed E-state index contributed by atoms with van der Waals surface area (Å²) in [6.07, 6.45) is 15.7. The van der Waals surface area contributed by atoms with E-state index in [1.54, 1.807) is 6.20 Å². The van der Waals surface area contributed by atoms with E-state index < -0.39 is 0 Å². The Kier molecular flexibility index (Phi) is 4.76. The molecule has 25 heavy (non-hydrogen) atoms. The minimum absolute atomic E-state index is 0.0912.